The molecule has 0 amide bonds. The van der Waals surface area contributed by atoms with E-state index < -0.39 is 48.7 Å². The topological polar surface area (TPSA) is 95.3 Å². The molecule has 1 aromatic carbocycles. The number of carbonyl (C=O) groups excluding carboxylic acids is 1. The summed E-state index contributed by atoms with van der Waals surface area (Å²) in [6, 6.07) is 3.03. The number of alkyl halides is 2. The summed E-state index contributed by atoms with van der Waals surface area (Å²) in [6.07, 6.45) is 0.824. The monoisotopic (exact) mass is 508 g/mol. The molecule has 2 aromatic rings. The number of rotatable bonds is 6. The average Bonchev–Trinajstić information content (AvgIpc) is 3.37. The van der Waals surface area contributed by atoms with Gasteiger partial charge in [0, 0.05) is 36.8 Å². The zero-order chi connectivity index (χ0) is 25.5. The maximum absolute atomic E-state index is 14.2. The van der Waals surface area contributed by atoms with Gasteiger partial charge in [-0.3, -0.25) is 14.7 Å². The van der Waals surface area contributed by atoms with E-state index in [2.05, 4.69) is 4.98 Å². The smallest absolute Gasteiger partial charge is 0.338 e. The van der Waals surface area contributed by atoms with E-state index in [-0.39, 0.29) is 17.8 Å². The van der Waals surface area contributed by atoms with Crippen LogP contribution in [-0.4, -0.2) is 76.9 Å². The molecule has 8 nitrogen and oxygen atoms in total. The Labute approximate surface area is 203 Å². The third-order valence-corrected chi connectivity index (χ3v) is 6.88. The van der Waals surface area contributed by atoms with Crippen LogP contribution < -0.4 is 0 Å². The summed E-state index contributed by atoms with van der Waals surface area (Å²) < 4.78 is 47.1. The van der Waals surface area contributed by atoms with E-state index in [0.717, 1.165) is 9.78 Å². The fourth-order valence-corrected chi connectivity index (χ4v) is 5.10. The van der Waals surface area contributed by atoms with Gasteiger partial charge in [-0.25, -0.2) is 22.9 Å². The first-order valence-corrected chi connectivity index (χ1v) is 11.5. The van der Waals surface area contributed by atoms with Crippen molar-refractivity contribution in [1.82, 2.24) is 14.8 Å². The SMILES string of the molecule is COC(=O)C1=C(CN2CC(F)(F)C[C@H]2C(=O)O)N(C)C(c2ncc(C)s2)=N[C@H]1c1ccc(F)cc1. The number of ether oxygens (including phenoxy) is 1. The molecule has 4 rings (SSSR count). The molecule has 3 heterocycles. The van der Waals surface area contributed by atoms with Crippen molar-refractivity contribution < 1.29 is 32.6 Å². The average molecular weight is 509 g/mol. The molecule has 186 valence electrons. The van der Waals surface area contributed by atoms with Gasteiger partial charge in [0.15, 0.2) is 10.8 Å². The first-order valence-electron chi connectivity index (χ1n) is 10.7. The number of thiazole rings is 1. The third-order valence-electron chi connectivity index (χ3n) is 5.97. The Morgan fingerprint density at radius 3 is 2.54 bits per heavy atom. The number of methoxy groups -OCH3 is 1. The number of likely N-dealkylation sites (N-methyl/N-ethyl adjacent to an activating group) is 1. The van der Waals surface area contributed by atoms with Crippen LogP contribution in [0.5, 0.6) is 0 Å². The number of carboxylic acids is 1. The number of aliphatic carboxylic acids is 1. The van der Waals surface area contributed by atoms with Gasteiger partial charge in [-0.1, -0.05) is 12.1 Å². The van der Waals surface area contributed by atoms with Gasteiger partial charge in [-0.15, -0.1) is 11.3 Å². The summed E-state index contributed by atoms with van der Waals surface area (Å²) in [5.41, 5.74) is 0.788. The van der Waals surface area contributed by atoms with E-state index in [1.54, 1.807) is 18.1 Å². The Kier molecular flexibility index (Phi) is 6.69. The Hall–Kier alpha value is -3.25. The van der Waals surface area contributed by atoms with E-state index in [4.69, 9.17) is 9.73 Å². The van der Waals surface area contributed by atoms with Crippen LogP contribution in [0.4, 0.5) is 13.2 Å². The van der Waals surface area contributed by atoms with Crippen LogP contribution >= 0.6 is 11.3 Å². The maximum atomic E-state index is 14.2. The molecule has 1 N–H and O–H groups in total. The van der Waals surface area contributed by atoms with Gasteiger partial charge >= 0.3 is 11.9 Å². The zero-order valence-electron chi connectivity index (χ0n) is 19.2. The number of hydrogen-bond acceptors (Lipinski definition) is 8. The highest BCUT2D eigenvalue weighted by atomic mass is 32.1. The second-order valence-electron chi connectivity index (χ2n) is 8.41. The zero-order valence-corrected chi connectivity index (χ0v) is 20.0. The number of hydrogen-bond donors (Lipinski definition) is 1. The third kappa shape index (κ3) is 4.94. The Bertz CT molecular complexity index is 1210. The second-order valence-corrected chi connectivity index (χ2v) is 9.65. The quantitative estimate of drug-likeness (QED) is 0.599. The molecule has 2 atom stereocenters. The van der Waals surface area contributed by atoms with Crippen molar-refractivity contribution in [2.75, 3.05) is 27.2 Å². The predicted molar refractivity (Wildman–Crippen MR) is 122 cm³/mol. The molecule has 2 aliphatic rings. The van der Waals surface area contributed by atoms with Crippen LogP contribution in [-0.2, 0) is 14.3 Å². The minimum Gasteiger partial charge on any atom is -0.480 e. The van der Waals surface area contributed by atoms with Crippen LogP contribution in [0.25, 0.3) is 0 Å². The van der Waals surface area contributed by atoms with Crippen molar-refractivity contribution in [3.05, 3.63) is 63.0 Å². The van der Waals surface area contributed by atoms with E-state index >= 15 is 0 Å². The van der Waals surface area contributed by atoms with Crippen molar-refractivity contribution in [3.63, 3.8) is 0 Å². The van der Waals surface area contributed by atoms with Crippen LogP contribution in [0.15, 0.2) is 46.7 Å². The summed E-state index contributed by atoms with van der Waals surface area (Å²) >= 11 is 1.35. The summed E-state index contributed by atoms with van der Waals surface area (Å²) in [4.78, 5) is 37.4. The standard InChI is InChI=1S/C23H23F3N4O4S/c1-12-9-27-20(35-12)19-28-18(13-4-6-14(24)7-5-13)17(22(33)34-3)16(29(19)2)10-30-11-23(25,26)8-15(30)21(31)32/h4-7,9,15,18H,8,10-11H2,1-3H3,(H,31,32)/t15-,18-/m0/s1. The van der Waals surface area contributed by atoms with Gasteiger partial charge in [0.1, 0.15) is 17.9 Å². The molecule has 0 radical (unpaired) electrons. The van der Waals surface area contributed by atoms with Gasteiger partial charge in [0.2, 0.25) is 0 Å². The summed E-state index contributed by atoms with van der Waals surface area (Å²) in [6.45, 7) is 0.816. The van der Waals surface area contributed by atoms with Gasteiger partial charge in [-0.2, -0.15) is 0 Å². The fourth-order valence-electron chi connectivity index (χ4n) is 4.30. The normalized spacial score (nSPS) is 22.3. The first-order chi connectivity index (χ1) is 16.5. The van der Waals surface area contributed by atoms with Crippen molar-refractivity contribution in [1.29, 1.82) is 0 Å². The molecule has 0 saturated carbocycles. The van der Waals surface area contributed by atoms with E-state index in [0.29, 0.717) is 16.4 Å². The lowest BCUT2D eigenvalue weighted by molar-refractivity contribution is -0.142. The molecule has 35 heavy (non-hydrogen) atoms. The van der Waals surface area contributed by atoms with Crippen LogP contribution in [0, 0.1) is 12.7 Å². The van der Waals surface area contributed by atoms with Gasteiger partial charge in [0.25, 0.3) is 5.92 Å². The second kappa shape index (κ2) is 9.42. The highest BCUT2D eigenvalue weighted by Gasteiger charge is 2.49. The molecule has 0 bridgehead atoms. The molecule has 2 aliphatic heterocycles. The fraction of sp³-hybridized carbons (Fsp3) is 0.391. The number of aromatic nitrogens is 1. The number of carbonyl (C=O) groups is 2. The minimum atomic E-state index is -3.19. The number of likely N-dealkylation sites (tertiary alicyclic amines) is 1. The van der Waals surface area contributed by atoms with Gasteiger partial charge in [0.05, 0.1) is 19.2 Å². The number of aliphatic imine (C=N–C) groups is 1. The number of amidine groups is 1. The molecule has 1 aromatic heterocycles. The summed E-state index contributed by atoms with van der Waals surface area (Å²) in [7, 11) is 2.79. The molecule has 0 aliphatic carbocycles. The minimum absolute atomic E-state index is 0.0537. The number of esters is 1. The van der Waals surface area contributed by atoms with Crippen LogP contribution in [0.1, 0.15) is 27.9 Å². The highest BCUT2D eigenvalue weighted by Crippen LogP contribution is 2.39. The number of halogens is 3. The number of benzene rings is 1. The van der Waals surface area contributed by atoms with Crippen LogP contribution in [0.3, 0.4) is 0 Å². The maximum Gasteiger partial charge on any atom is 0.338 e. The largest absolute Gasteiger partial charge is 0.480 e. The van der Waals surface area contributed by atoms with Gasteiger partial charge < -0.3 is 14.7 Å². The molecule has 1 fully saturated rings. The van der Waals surface area contributed by atoms with Crippen LogP contribution in [0.2, 0.25) is 0 Å². The predicted octanol–water partition coefficient (Wildman–Crippen LogP) is 3.25. The molecular weight excluding hydrogens is 485 g/mol. The van der Waals surface area contributed by atoms with E-state index in [9.17, 15) is 27.9 Å². The molecule has 1 saturated heterocycles. The lowest BCUT2D eigenvalue weighted by Gasteiger charge is -2.35. The highest BCUT2D eigenvalue weighted by molar-refractivity contribution is 7.13. The number of nitrogens with zero attached hydrogens (tertiary/aromatic N) is 4. The summed E-state index contributed by atoms with van der Waals surface area (Å²) in [5, 5.41) is 10.1. The van der Waals surface area contributed by atoms with Crippen molar-refractivity contribution in [2.45, 2.75) is 31.4 Å². The number of aryl methyl sites for hydroxylation is 1. The first kappa shape index (κ1) is 24.9. The Balaban J connectivity index is 1.87. The Morgan fingerprint density at radius 1 is 1.29 bits per heavy atom. The lowest BCUT2D eigenvalue weighted by Crippen LogP contribution is -2.44. The molecule has 0 unspecified atom stereocenters. The van der Waals surface area contributed by atoms with E-state index in [1.165, 1.54) is 42.7 Å². The van der Waals surface area contributed by atoms with Crippen molar-refractivity contribution >= 4 is 29.1 Å². The summed E-state index contributed by atoms with van der Waals surface area (Å²) in [5.74, 6) is -5.42. The van der Waals surface area contributed by atoms with E-state index in [1.807, 2.05) is 6.92 Å². The lowest BCUT2D eigenvalue weighted by atomic mass is 9.94. The molecular formula is C23H23F3N4O4S. The van der Waals surface area contributed by atoms with Gasteiger partial charge in [-0.05, 0) is 24.6 Å². The van der Waals surface area contributed by atoms with Crippen molar-refractivity contribution in [3.8, 4) is 0 Å². The van der Waals surface area contributed by atoms with Crippen molar-refractivity contribution in [2.24, 2.45) is 4.99 Å². The Morgan fingerprint density at radius 2 is 1.97 bits per heavy atom. The molecule has 0 spiro atoms. The number of carboxylic acid groups (broad SMARTS) is 1. The molecule has 12 heteroatoms.